The Kier molecular flexibility index (Phi) is 3.62. The van der Waals surface area contributed by atoms with Gasteiger partial charge in [-0.3, -0.25) is 0 Å². The number of fused-ring (bicyclic) bond motifs is 1. The maximum absolute atomic E-state index is 12.9. The van der Waals surface area contributed by atoms with Gasteiger partial charge in [0.1, 0.15) is 5.82 Å². The molecule has 104 valence electrons. The standard InChI is InChI=1S/C17H11FO2S/c18-11-5-7-12(8-6-11)21-16-10-9-15(17(19)20)13-3-1-2-4-14(13)16/h1-10H,(H,19,20). The van der Waals surface area contributed by atoms with Gasteiger partial charge in [-0.1, -0.05) is 36.0 Å². The number of halogens is 1. The largest absolute Gasteiger partial charge is 0.478 e. The van der Waals surface area contributed by atoms with Crippen LogP contribution in [0.1, 0.15) is 10.4 Å². The lowest BCUT2D eigenvalue weighted by Crippen LogP contribution is -1.97. The summed E-state index contributed by atoms with van der Waals surface area (Å²) in [6.45, 7) is 0. The molecule has 3 aromatic rings. The second-order valence-electron chi connectivity index (χ2n) is 4.52. The van der Waals surface area contributed by atoms with E-state index in [2.05, 4.69) is 0 Å². The lowest BCUT2D eigenvalue weighted by Gasteiger charge is -2.08. The Bertz CT molecular complexity index is 813. The Morgan fingerprint density at radius 2 is 1.57 bits per heavy atom. The summed E-state index contributed by atoms with van der Waals surface area (Å²) >= 11 is 1.49. The summed E-state index contributed by atoms with van der Waals surface area (Å²) in [6, 6.07) is 17.0. The Hall–Kier alpha value is -2.33. The van der Waals surface area contributed by atoms with Crippen molar-refractivity contribution in [1.29, 1.82) is 0 Å². The van der Waals surface area contributed by atoms with Gasteiger partial charge in [0.15, 0.2) is 0 Å². The predicted molar refractivity (Wildman–Crippen MR) is 81.4 cm³/mol. The van der Waals surface area contributed by atoms with Gasteiger partial charge in [-0.25, -0.2) is 9.18 Å². The quantitative estimate of drug-likeness (QED) is 0.752. The molecule has 0 amide bonds. The Morgan fingerprint density at radius 3 is 2.24 bits per heavy atom. The Labute approximate surface area is 125 Å². The number of benzene rings is 3. The van der Waals surface area contributed by atoms with Crippen molar-refractivity contribution < 1.29 is 14.3 Å². The number of carboxylic acids is 1. The van der Waals surface area contributed by atoms with Gasteiger partial charge in [0, 0.05) is 9.79 Å². The summed E-state index contributed by atoms with van der Waals surface area (Å²) in [7, 11) is 0. The smallest absolute Gasteiger partial charge is 0.336 e. The molecule has 0 bridgehead atoms. The predicted octanol–water partition coefficient (Wildman–Crippen LogP) is 4.83. The van der Waals surface area contributed by atoms with Crippen LogP contribution in [0.2, 0.25) is 0 Å². The summed E-state index contributed by atoms with van der Waals surface area (Å²) in [5.41, 5.74) is 0.286. The number of carboxylic acid groups (broad SMARTS) is 1. The molecule has 4 heteroatoms. The maximum atomic E-state index is 12.9. The first-order valence-electron chi connectivity index (χ1n) is 6.33. The molecule has 3 aromatic carbocycles. The zero-order valence-electron chi connectivity index (χ0n) is 10.9. The van der Waals surface area contributed by atoms with Crippen LogP contribution in [0.15, 0.2) is 70.5 Å². The Balaban J connectivity index is 2.09. The third kappa shape index (κ3) is 2.76. The van der Waals surface area contributed by atoms with E-state index < -0.39 is 5.97 Å². The molecule has 2 nitrogen and oxygen atoms in total. The van der Waals surface area contributed by atoms with Crippen molar-refractivity contribution in [2.75, 3.05) is 0 Å². The normalized spacial score (nSPS) is 10.7. The molecule has 1 N–H and O–H groups in total. The zero-order valence-corrected chi connectivity index (χ0v) is 11.7. The molecule has 0 radical (unpaired) electrons. The highest BCUT2D eigenvalue weighted by Crippen LogP contribution is 2.34. The summed E-state index contributed by atoms with van der Waals surface area (Å²) in [4.78, 5) is 13.1. The molecule has 3 rings (SSSR count). The second kappa shape index (κ2) is 5.58. The van der Waals surface area contributed by atoms with E-state index in [1.54, 1.807) is 30.3 Å². The highest BCUT2D eigenvalue weighted by Gasteiger charge is 2.11. The summed E-state index contributed by atoms with van der Waals surface area (Å²) in [5, 5.41) is 10.8. The maximum Gasteiger partial charge on any atom is 0.336 e. The fourth-order valence-electron chi connectivity index (χ4n) is 2.18. The van der Waals surface area contributed by atoms with Crippen molar-refractivity contribution in [3.63, 3.8) is 0 Å². The van der Waals surface area contributed by atoms with Crippen LogP contribution < -0.4 is 0 Å². The monoisotopic (exact) mass is 298 g/mol. The van der Waals surface area contributed by atoms with Crippen LogP contribution in [-0.4, -0.2) is 11.1 Å². The van der Waals surface area contributed by atoms with E-state index in [0.29, 0.717) is 5.39 Å². The first-order chi connectivity index (χ1) is 10.1. The van der Waals surface area contributed by atoms with Crippen molar-refractivity contribution in [3.8, 4) is 0 Å². The minimum Gasteiger partial charge on any atom is -0.478 e. The topological polar surface area (TPSA) is 37.3 Å². The molecular formula is C17H11FO2S. The second-order valence-corrected chi connectivity index (χ2v) is 5.63. The first-order valence-corrected chi connectivity index (χ1v) is 7.15. The van der Waals surface area contributed by atoms with E-state index in [1.807, 2.05) is 18.2 Å². The Morgan fingerprint density at radius 1 is 0.905 bits per heavy atom. The lowest BCUT2D eigenvalue weighted by atomic mass is 10.0. The highest BCUT2D eigenvalue weighted by molar-refractivity contribution is 7.99. The molecular weight excluding hydrogens is 287 g/mol. The van der Waals surface area contributed by atoms with Gasteiger partial charge in [-0.2, -0.15) is 0 Å². The molecule has 0 aliphatic heterocycles. The van der Waals surface area contributed by atoms with Gasteiger partial charge in [0.25, 0.3) is 0 Å². The molecule has 0 aliphatic carbocycles. The van der Waals surface area contributed by atoms with Gasteiger partial charge >= 0.3 is 5.97 Å². The fourth-order valence-corrected chi connectivity index (χ4v) is 3.13. The molecule has 0 saturated carbocycles. The highest BCUT2D eigenvalue weighted by atomic mass is 32.2. The minimum absolute atomic E-state index is 0.273. The first kappa shape index (κ1) is 13.6. The number of rotatable bonds is 3. The fraction of sp³-hybridized carbons (Fsp3) is 0. The van der Waals surface area contributed by atoms with E-state index >= 15 is 0 Å². The number of aromatic carboxylic acids is 1. The van der Waals surface area contributed by atoms with E-state index in [-0.39, 0.29) is 11.4 Å². The molecule has 0 heterocycles. The molecule has 0 saturated heterocycles. The van der Waals surface area contributed by atoms with Gasteiger partial charge in [0.2, 0.25) is 0 Å². The summed E-state index contributed by atoms with van der Waals surface area (Å²) in [5.74, 6) is -1.21. The third-order valence-corrected chi connectivity index (χ3v) is 4.24. The number of hydrogen-bond acceptors (Lipinski definition) is 2. The van der Waals surface area contributed by atoms with Crippen LogP contribution in [0, 0.1) is 5.82 Å². The van der Waals surface area contributed by atoms with E-state index in [9.17, 15) is 14.3 Å². The average Bonchev–Trinajstić information content (AvgIpc) is 2.49. The molecule has 0 atom stereocenters. The zero-order chi connectivity index (χ0) is 14.8. The number of carbonyl (C=O) groups is 1. The number of hydrogen-bond donors (Lipinski definition) is 1. The van der Waals surface area contributed by atoms with Crippen LogP contribution >= 0.6 is 11.8 Å². The molecule has 21 heavy (non-hydrogen) atoms. The van der Waals surface area contributed by atoms with Gasteiger partial charge < -0.3 is 5.11 Å². The minimum atomic E-state index is -0.940. The molecule has 0 spiro atoms. The summed E-state index contributed by atoms with van der Waals surface area (Å²) < 4.78 is 12.9. The summed E-state index contributed by atoms with van der Waals surface area (Å²) in [6.07, 6.45) is 0. The van der Waals surface area contributed by atoms with E-state index in [4.69, 9.17) is 0 Å². The van der Waals surface area contributed by atoms with Crippen molar-refractivity contribution >= 4 is 28.5 Å². The van der Waals surface area contributed by atoms with Gasteiger partial charge in [0.05, 0.1) is 5.56 Å². The molecule has 0 unspecified atom stereocenters. The SMILES string of the molecule is O=C(O)c1ccc(Sc2ccc(F)cc2)c2ccccc12. The molecule has 0 aromatic heterocycles. The van der Waals surface area contributed by atoms with Crippen molar-refractivity contribution in [3.05, 3.63) is 72.0 Å². The molecule has 0 fully saturated rings. The van der Waals surface area contributed by atoms with Crippen molar-refractivity contribution in [2.24, 2.45) is 0 Å². The van der Waals surface area contributed by atoms with Crippen molar-refractivity contribution in [1.82, 2.24) is 0 Å². The van der Waals surface area contributed by atoms with Crippen LogP contribution in [0.5, 0.6) is 0 Å². The lowest BCUT2D eigenvalue weighted by molar-refractivity contribution is 0.0699. The van der Waals surface area contributed by atoms with Crippen LogP contribution in [0.3, 0.4) is 0 Å². The van der Waals surface area contributed by atoms with Crippen LogP contribution in [0.4, 0.5) is 4.39 Å². The molecule has 0 aliphatic rings. The van der Waals surface area contributed by atoms with Crippen molar-refractivity contribution in [2.45, 2.75) is 9.79 Å². The average molecular weight is 298 g/mol. The van der Waals surface area contributed by atoms with Crippen LogP contribution in [0.25, 0.3) is 10.8 Å². The van der Waals surface area contributed by atoms with E-state index in [1.165, 1.54) is 23.9 Å². The van der Waals surface area contributed by atoms with Gasteiger partial charge in [-0.15, -0.1) is 0 Å². The van der Waals surface area contributed by atoms with Crippen LogP contribution in [-0.2, 0) is 0 Å². The van der Waals surface area contributed by atoms with E-state index in [0.717, 1.165) is 15.2 Å². The van der Waals surface area contributed by atoms with Gasteiger partial charge in [-0.05, 0) is 47.2 Å². The third-order valence-electron chi connectivity index (χ3n) is 3.16.